The molecule has 1 amide bonds. The molecule has 38 heavy (non-hydrogen) atoms. The lowest BCUT2D eigenvalue weighted by atomic mass is 9.98. The molecule has 1 aliphatic heterocycles. The first-order valence-electron chi connectivity index (χ1n) is 11.9. The first-order valence-corrected chi connectivity index (χ1v) is 12.3. The summed E-state index contributed by atoms with van der Waals surface area (Å²) in [4.78, 5) is 21.2. The van der Waals surface area contributed by atoms with Crippen LogP contribution < -0.4 is 19.5 Å². The number of amides is 1. The number of hydrogen-bond donors (Lipinski definition) is 1. The molecule has 194 valence electrons. The van der Waals surface area contributed by atoms with E-state index in [1.165, 1.54) is 11.9 Å². The summed E-state index contributed by atoms with van der Waals surface area (Å²) < 4.78 is 16.1. The Balaban J connectivity index is 1.46. The Hall–Kier alpha value is -4.37. The van der Waals surface area contributed by atoms with Crippen LogP contribution in [-0.4, -0.2) is 47.9 Å². The third kappa shape index (κ3) is 4.92. The van der Waals surface area contributed by atoms with E-state index in [0.717, 1.165) is 33.7 Å². The average molecular weight is 532 g/mol. The van der Waals surface area contributed by atoms with Gasteiger partial charge in [0.1, 0.15) is 11.6 Å². The van der Waals surface area contributed by atoms with Gasteiger partial charge in [-0.2, -0.15) is 10.1 Å². The fourth-order valence-corrected chi connectivity index (χ4v) is 4.67. The molecule has 0 fully saturated rings. The molecule has 0 bridgehead atoms. The molecule has 10 heteroatoms. The quantitative estimate of drug-likeness (QED) is 0.303. The van der Waals surface area contributed by atoms with Gasteiger partial charge in [0, 0.05) is 30.5 Å². The summed E-state index contributed by atoms with van der Waals surface area (Å²) in [6.45, 7) is 1.52. The number of nitrogens with zero attached hydrogens (tertiary/aromatic N) is 4. The van der Waals surface area contributed by atoms with E-state index in [0.29, 0.717) is 29.3 Å². The van der Waals surface area contributed by atoms with Crippen LogP contribution in [0, 0.1) is 0 Å². The van der Waals surface area contributed by atoms with Crippen LogP contribution in [0.1, 0.15) is 30.5 Å². The lowest BCUT2D eigenvalue weighted by Crippen LogP contribution is -2.24. The molecular weight excluding hydrogens is 506 g/mol. The Kier molecular flexibility index (Phi) is 7.02. The van der Waals surface area contributed by atoms with E-state index in [9.17, 15) is 4.79 Å². The number of ether oxygens (including phenoxy) is 3. The molecule has 4 aromatic rings. The second kappa shape index (κ2) is 10.5. The number of anilines is 2. The summed E-state index contributed by atoms with van der Waals surface area (Å²) in [7, 11) is 4.76. The first-order chi connectivity index (χ1) is 18.4. The number of rotatable bonds is 7. The molecule has 1 unspecified atom stereocenters. The Morgan fingerprint density at radius 2 is 1.71 bits per heavy atom. The van der Waals surface area contributed by atoms with Crippen LogP contribution in [0.25, 0.3) is 10.9 Å². The molecule has 1 N–H and O–H groups in total. The molecule has 0 radical (unpaired) electrons. The van der Waals surface area contributed by atoms with Gasteiger partial charge in [0.05, 0.1) is 38.6 Å². The number of carbonyl (C=O) groups excluding carboxylic acids is 1. The summed E-state index contributed by atoms with van der Waals surface area (Å²) in [5.41, 5.74) is 4.07. The zero-order valence-corrected chi connectivity index (χ0v) is 22.1. The van der Waals surface area contributed by atoms with Gasteiger partial charge >= 0.3 is 0 Å². The number of halogens is 1. The summed E-state index contributed by atoms with van der Waals surface area (Å²) in [5, 5.41) is 10.4. The van der Waals surface area contributed by atoms with Crippen LogP contribution in [0.4, 0.5) is 11.5 Å². The normalized spacial score (nSPS) is 14.8. The second-order valence-corrected chi connectivity index (χ2v) is 9.01. The molecule has 1 aromatic heterocycles. The molecule has 2 heterocycles. The van der Waals surface area contributed by atoms with Gasteiger partial charge in [-0.15, -0.1) is 0 Å². The van der Waals surface area contributed by atoms with Crippen LogP contribution >= 0.6 is 11.6 Å². The van der Waals surface area contributed by atoms with Gasteiger partial charge in [0.15, 0.2) is 11.5 Å². The Morgan fingerprint density at radius 3 is 2.39 bits per heavy atom. The van der Waals surface area contributed by atoms with Gasteiger partial charge in [-0.1, -0.05) is 24.3 Å². The lowest BCUT2D eigenvalue weighted by molar-refractivity contribution is -0.130. The molecular formula is C28H26ClN5O4. The highest BCUT2D eigenvalue weighted by atomic mass is 35.5. The highest BCUT2D eigenvalue weighted by Crippen LogP contribution is 2.37. The van der Waals surface area contributed by atoms with E-state index >= 15 is 0 Å². The van der Waals surface area contributed by atoms with Crippen molar-refractivity contribution in [2.45, 2.75) is 19.4 Å². The average Bonchev–Trinajstić information content (AvgIpc) is 3.38. The van der Waals surface area contributed by atoms with Crippen molar-refractivity contribution >= 4 is 45.6 Å². The lowest BCUT2D eigenvalue weighted by Gasteiger charge is -2.20. The van der Waals surface area contributed by atoms with E-state index in [1.54, 1.807) is 27.4 Å². The van der Waals surface area contributed by atoms with Crippen LogP contribution in [0.5, 0.6) is 17.2 Å². The first kappa shape index (κ1) is 25.3. The number of hydrazone groups is 1. The molecule has 0 spiro atoms. The summed E-state index contributed by atoms with van der Waals surface area (Å²) >= 11 is 6.23. The number of hydrogen-bond acceptors (Lipinski definition) is 8. The second-order valence-electron chi connectivity index (χ2n) is 8.67. The number of methoxy groups -OCH3 is 3. The van der Waals surface area contributed by atoms with Crippen LogP contribution in [-0.2, 0) is 4.79 Å². The molecule has 1 aliphatic rings. The maximum absolute atomic E-state index is 12.4. The number of nitrogens with one attached hydrogen (secondary N) is 1. The van der Waals surface area contributed by atoms with Crippen molar-refractivity contribution < 1.29 is 19.0 Å². The van der Waals surface area contributed by atoms with E-state index in [-0.39, 0.29) is 17.2 Å². The zero-order chi connectivity index (χ0) is 26.8. The molecule has 0 saturated heterocycles. The maximum atomic E-state index is 12.4. The number of fused-ring (bicyclic) bond motifs is 1. The third-order valence-electron chi connectivity index (χ3n) is 6.37. The van der Waals surface area contributed by atoms with E-state index in [2.05, 4.69) is 20.4 Å². The number of benzene rings is 3. The molecule has 1 atom stereocenters. The summed E-state index contributed by atoms with van der Waals surface area (Å²) in [5.74, 6) is 2.25. The van der Waals surface area contributed by atoms with Crippen LogP contribution in [0.3, 0.4) is 0 Å². The highest BCUT2D eigenvalue weighted by molar-refractivity contribution is 6.29. The van der Waals surface area contributed by atoms with E-state index in [4.69, 9.17) is 25.8 Å². The SMILES string of the molecule is COc1ccc(C2CC(c3cccc(Nc4nc(Cl)nc5cc(OC)c(OC)cc45)c3)=NN2C(C)=O)cc1. The zero-order valence-electron chi connectivity index (χ0n) is 21.4. The minimum Gasteiger partial charge on any atom is -0.497 e. The Morgan fingerprint density at radius 1 is 0.974 bits per heavy atom. The van der Waals surface area contributed by atoms with Crippen LogP contribution in [0.2, 0.25) is 5.28 Å². The van der Waals surface area contributed by atoms with Crippen molar-refractivity contribution in [2.75, 3.05) is 26.6 Å². The molecule has 5 rings (SSSR count). The van der Waals surface area contributed by atoms with Gasteiger partial charge in [0.2, 0.25) is 11.2 Å². The molecule has 9 nitrogen and oxygen atoms in total. The predicted octanol–water partition coefficient (Wildman–Crippen LogP) is 5.75. The van der Waals surface area contributed by atoms with Crippen molar-refractivity contribution in [3.8, 4) is 17.2 Å². The van der Waals surface area contributed by atoms with Gasteiger partial charge in [-0.05, 0) is 53.1 Å². The largest absolute Gasteiger partial charge is 0.497 e. The standard InChI is InChI=1S/C28H26ClN5O4/c1-16(35)34-24(17-8-10-20(36-2)11-9-17)14-22(33-34)18-6-5-7-19(12-18)30-27-21-13-25(37-3)26(38-4)15-23(21)31-28(29)32-27/h5-13,15,24H,14H2,1-4H3,(H,30,31,32). The highest BCUT2D eigenvalue weighted by Gasteiger charge is 2.31. The third-order valence-corrected chi connectivity index (χ3v) is 6.53. The van der Waals surface area contributed by atoms with Gasteiger partial charge < -0.3 is 19.5 Å². The summed E-state index contributed by atoms with van der Waals surface area (Å²) in [6.07, 6.45) is 0.578. The minimum absolute atomic E-state index is 0.1000. The minimum atomic E-state index is -0.197. The van der Waals surface area contributed by atoms with Crippen molar-refractivity contribution in [1.82, 2.24) is 15.0 Å². The fourth-order valence-electron chi connectivity index (χ4n) is 4.50. The van der Waals surface area contributed by atoms with E-state index in [1.807, 2.05) is 54.6 Å². The number of aromatic nitrogens is 2. The number of carbonyl (C=O) groups is 1. The topological polar surface area (TPSA) is 98.2 Å². The Labute approximate surface area is 225 Å². The molecule has 0 aliphatic carbocycles. The van der Waals surface area contributed by atoms with E-state index < -0.39 is 0 Å². The summed E-state index contributed by atoms with van der Waals surface area (Å²) in [6, 6.07) is 18.8. The smallest absolute Gasteiger partial charge is 0.240 e. The Bertz CT molecular complexity index is 1540. The van der Waals surface area contributed by atoms with Gasteiger partial charge in [-0.3, -0.25) is 4.79 Å². The monoisotopic (exact) mass is 531 g/mol. The fraction of sp³-hybridized carbons (Fsp3) is 0.214. The predicted molar refractivity (Wildman–Crippen MR) is 147 cm³/mol. The maximum Gasteiger partial charge on any atom is 0.240 e. The van der Waals surface area contributed by atoms with Crippen molar-refractivity contribution in [3.05, 3.63) is 77.1 Å². The van der Waals surface area contributed by atoms with Crippen molar-refractivity contribution in [3.63, 3.8) is 0 Å². The van der Waals surface area contributed by atoms with Gasteiger partial charge in [0.25, 0.3) is 0 Å². The van der Waals surface area contributed by atoms with Crippen LogP contribution in [0.15, 0.2) is 65.8 Å². The molecule has 0 saturated carbocycles. The van der Waals surface area contributed by atoms with Gasteiger partial charge in [-0.25, -0.2) is 9.99 Å². The van der Waals surface area contributed by atoms with Crippen molar-refractivity contribution in [2.24, 2.45) is 5.10 Å². The van der Waals surface area contributed by atoms with Crippen molar-refractivity contribution in [1.29, 1.82) is 0 Å². The molecule has 3 aromatic carbocycles.